The van der Waals surface area contributed by atoms with E-state index in [2.05, 4.69) is 22.6 Å². The van der Waals surface area contributed by atoms with Gasteiger partial charge in [0.1, 0.15) is 5.60 Å². The lowest BCUT2D eigenvalue weighted by Crippen LogP contribution is -2.55. The molecule has 1 aliphatic rings. The lowest BCUT2D eigenvalue weighted by Gasteiger charge is -2.39. The molecule has 4 nitrogen and oxygen atoms in total. The van der Waals surface area contributed by atoms with E-state index in [1.54, 1.807) is 4.90 Å². The van der Waals surface area contributed by atoms with Crippen molar-refractivity contribution in [3.8, 4) is 0 Å². The van der Waals surface area contributed by atoms with Crippen molar-refractivity contribution in [1.29, 1.82) is 0 Å². The van der Waals surface area contributed by atoms with Crippen molar-refractivity contribution in [2.45, 2.75) is 32.5 Å². The summed E-state index contributed by atoms with van der Waals surface area (Å²) in [7, 11) is 0. The lowest BCUT2D eigenvalue weighted by molar-refractivity contribution is -0.0484. The maximum absolute atomic E-state index is 11.4. The Kier molecular flexibility index (Phi) is 4.00. The number of rotatable bonds is 2. The molecular formula is C9H16INO3. The second-order valence-electron chi connectivity index (χ2n) is 4.28. The second kappa shape index (κ2) is 4.65. The summed E-state index contributed by atoms with van der Waals surface area (Å²) in [6, 6.07) is 0. The zero-order valence-corrected chi connectivity index (χ0v) is 10.9. The van der Waals surface area contributed by atoms with Crippen molar-refractivity contribution in [2.75, 3.05) is 17.7 Å². The molecule has 5 heteroatoms. The van der Waals surface area contributed by atoms with Crippen LogP contribution in [0.1, 0.15) is 20.8 Å². The van der Waals surface area contributed by atoms with E-state index in [1.165, 1.54) is 0 Å². The summed E-state index contributed by atoms with van der Waals surface area (Å²) >= 11 is 2.15. The van der Waals surface area contributed by atoms with Gasteiger partial charge in [-0.05, 0) is 20.8 Å². The smallest absolute Gasteiger partial charge is 0.410 e. The molecule has 0 radical (unpaired) electrons. The molecule has 1 aliphatic heterocycles. The largest absolute Gasteiger partial charge is 0.444 e. The van der Waals surface area contributed by atoms with Crippen LogP contribution in [0.5, 0.6) is 0 Å². The maximum Gasteiger partial charge on any atom is 0.410 e. The van der Waals surface area contributed by atoms with Gasteiger partial charge in [-0.15, -0.1) is 0 Å². The van der Waals surface area contributed by atoms with E-state index in [0.717, 1.165) is 0 Å². The Morgan fingerprint density at radius 1 is 1.50 bits per heavy atom. The number of halogens is 1. The molecule has 1 saturated heterocycles. The molecule has 0 bridgehead atoms. The molecule has 1 amide bonds. The first kappa shape index (κ1) is 12.0. The van der Waals surface area contributed by atoms with Crippen LogP contribution in [0.4, 0.5) is 4.79 Å². The van der Waals surface area contributed by atoms with E-state index >= 15 is 0 Å². The third kappa shape index (κ3) is 3.61. The van der Waals surface area contributed by atoms with E-state index in [0.29, 0.717) is 17.7 Å². The minimum absolute atomic E-state index is 0.194. The van der Waals surface area contributed by atoms with Crippen LogP contribution in [-0.2, 0) is 9.47 Å². The first-order chi connectivity index (χ1) is 6.42. The van der Waals surface area contributed by atoms with E-state index in [1.807, 2.05) is 20.8 Å². The highest BCUT2D eigenvalue weighted by Gasteiger charge is 2.33. The standard InChI is InChI=1S/C9H16INO3/c1-9(2,3)14-8(12)11-4-7(5-11)13-6-10/h7H,4-6H2,1-3H3. The van der Waals surface area contributed by atoms with Crippen LogP contribution in [-0.4, -0.2) is 40.4 Å². The van der Waals surface area contributed by atoms with Crippen LogP contribution in [0.2, 0.25) is 0 Å². The molecule has 0 aromatic rings. The second-order valence-corrected chi connectivity index (χ2v) is 4.91. The Morgan fingerprint density at radius 2 is 2.07 bits per heavy atom. The maximum atomic E-state index is 11.4. The average molecular weight is 313 g/mol. The zero-order valence-electron chi connectivity index (χ0n) is 8.75. The minimum Gasteiger partial charge on any atom is -0.444 e. The minimum atomic E-state index is -0.410. The summed E-state index contributed by atoms with van der Waals surface area (Å²) in [6.07, 6.45) is -0.0507. The van der Waals surface area contributed by atoms with Crippen LogP contribution in [0.3, 0.4) is 0 Å². The van der Waals surface area contributed by atoms with Crippen molar-refractivity contribution in [1.82, 2.24) is 4.90 Å². The van der Waals surface area contributed by atoms with Gasteiger partial charge >= 0.3 is 6.09 Å². The number of amides is 1. The average Bonchev–Trinajstić information content (AvgIpc) is 1.91. The van der Waals surface area contributed by atoms with Crippen molar-refractivity contribution in [3.05, 3.63) is 0 Å². The van der Waals surface area contributed by atoms with E-state index in [9.17, 15) is 4.79 Å². The molecule has 0 aromatic heterocycles. The van der Waals surface area contributed by atoms with E-state index < -0.39 is 5.60 Å². The Morgan fingerprint density at radius 3 is 2.50 bits per heavy atom. The van der Waals surface area contributed by atoms with Crippen molar-refractivity contribution in [2.24, 2.45) is 0 Å². The monoisotopic (exact) mass is 313 g/mol. The highest BCUT2D eigenvalue weighted by Crippen LogP contribution is 2.17. The Labute approximate surface area is 98.1 Å². The Bertz CT molecular complexity index is 209. The first-order valence-corrected chi connectivity index (χ1v) is 6.10. The van der Waals surface area contributed by atoms with Gasteiger partial charge in [0.2, 0.25) is 0 Å². The molecule has 0 atom stereocenters. The fourth-order valence-corrected chi connectivity index (χ4v) is 1.62. The van der Waals surface area contributed by atoms with Gasteiger partial charge in [0.25, 0.3) is 0 Å². The van der Waals surface area contributed by atoms with Crippen LogP contribution in [0.15, 0.2) is 0 Å². The molecule has 0 N–H and O–H groups in total. The van der Waals surface area contributed by atoms with Crippen molar-refractivity contribution >= 4 is 28.7 Å². The van der Waals surface area contributed by atoms with Crippen LogP contribution in [0.25, 0.3) is 0 Å². The SMILES string of the molecule is CC(C)(C)OC(=O)N1CC(OCI)C1. The quantitative estimate of drug-likeness (QED) is 0.578. The Balaban J connectivity index is 2.23. The molecule has 1 rings (SSSR count). The predicted molar refractivity (Wildman–Crippen MR) is 61.6 cm³/mol. The number of hydrogen-bond acceptors (Lipinski definition) is 3. The van der Waals surface area contributed by atoms with Gasteiger partial charge < -0.3 is 14.4 Å². The highest BCUT2D eigenvalue weighted by molar-refractivity contribution is 14.1. The number of nitrogens with zero attached hydrogens (tertiary/aromatic N) is 1. The van der Waals surface area contributed by atoms with Gasteiger partial charge in [-0.3, -0.25) is 0 Å². The van der Waals surface area contributed by atoms with Gasteiger partial charge in [-0.25, -0.2) is 4.79 Å². The van der Waals surface area contributed by atoms with Gasteiger partial charge in [0.05, 0.1) is 23.8 Å². The molecule has 0 aliphatic carbocycles. The molecule has 0 saturated carbocycles. The Hall–Kier alpha value is -0.0400. The van der Waals surface area contributed by atoms with Crippen LogP contribution in [0, 0.1) is 0 Å². The third-order valence-electron chi connectivity index (χ3n) is 1.80. The lowest BCUT2D eigenvalue weighted by atomic mass is 10.2. The number of alkyl halides is 1. The first-order valence-electron chi connectivity index (χ1n) is 4.58. The van der Waals surface area contributed by atoms with Crippen molar-refractivity contribution < 1.29 is 14.3 Å². The molecule has 0 spiro atoms. The molecule has 0 aromatic carbocycles. The number of likely N-dealkylation sites (tertiary alicyclic amines) is 1. The predicted octanol–water partition coefficient (Wildman–Crippen LogP) is 2.01. The molecule has 0 unspecified atom stereocenters. The number of carbonyl (C=O) groups excluding carboxylic acids is 1. The normalized spacial score (nSPS) is 17.9. The summed E-state index contributed by atoms with van der Waals surface area (Å²) in [4.78, 5) is 13.1. The molecule has 1 fully saturated rings. The summed E-state index contributed by atoms with van der Waals surface area (Å²) < 4.78 is 11.2. The fraction of sp³-hybridized carbons (Fsp3) is 0.889. The molecule has 14 heavy (non-hydrogen) atoms. The van der Waals surface area contributed by atoms with E-state index in [-0.39, 0.29) is 12.2 Å². The van der Waals surface area contributed by atoms with Gasteiger partial charge in [0.15, 0.2) is 0 Å². The van der Waals surface area contributed by atoms with Crippen LogP contribution >= 0.6 is 22.6 Å². The molecule has 1 heterocycles. The topological polar surface area (TPSA) is 38.8 Å². The molecule has 82 valence electrons. The van der Waals surface area contributed by atoms with E-state index in [4.69, 9.17) is 9.47 Å². The van der Waals surface area contributed by atoms with Crippen LogP contribution < -0.4 is 0 Å². The zero-order chi connectivity index (χ0) is 10.8. The summed E-state index contributed by atoms with van der Waals surface area (Å²) in [6.45, 7) is 6.90. The molecular weight excluding hydrogens is 297 g/mol. The summed E-state index contributed by atoms with van der Waals surface area (Å²) in [5.74, 6) is 0. The fourth-order valence-electron chi connectivity index (χ4n) is 1.11. The number of ether oxygens (including phenoxy) is 2. The third-order valence-corrected chi connectivity index (χ3v) is 2.16. The number of hydrogen-bond donors (Lipinski definition) is 0. The van der Waals surface area contributed by atoms with Gasteiger partial charge in [0, 0.05) is 0 Å². The van der Waals surface area contributed by atoms with Crippen molar-refractivity contribution in [3.63, 3.8) is 0 Å². The summed E-state index contributed by atoms with van der Waals surface area (Å²) in [5.41, 5.74) is -0.410. The van der Waals surface area contributed by atoms with Gasteiger partial charge in [-0.1, -0.05) is 22.6 Å². The summed E-state index contributed by atoms with van der Waals surface area (Å²) in [5, 5.41) is 0. The highest BCUT2D eigenvalue weighted by atomic mass is 127. The number of carbonyl (C=O) groups is 1. The van der Waals surface area contributed by atoms with Gasteiger partial charge in [-0.2, -0.15) is 0 Å².